The molecular formula is C23H17N3OS. The van der Waals surface area contributed by atoms with Crippen LogP contribution in [0.25, 0.3) is 32.8 Å². The maximum absolute atomic E-state index is 10.1. The summed E-state index contributed by atoms with van der Waals surface area (Å²) < 4.78 is 2.47. The lowest BCUT2D eigenvalue weighted by Crippen LogP contribution is -2.03. The van der Waals surface area contributed by atoms with Gasteiger partial charge in [-0.1, -0.05) is 54.6 Å². The summed E-state index contributed by atoms with van der Waals surface area (Å²) in [6.45, 7) is 0. The van der Waals surface area contributed by atoms with Gasteiger partial charge in [-0.25, -0.2) is 0 Å². The Morgan fingerprint density at radius 2 is 1.68 bits per heavy atom. The fraction of sp³-hybridized carbons (Fsp3) is 0.0435. The molecule has 2 N–H and O–H groups in total. The first-order chi connectivity index (χ1) is 13.7. The molecule has 4 aromatic rings. The quantitative estimate of drug-likeness (QED) is 0.329. The third kappa shape index (κ3) is 2.77. The second-order valence-electron chi connectivity index (χ2n) is 6.80. The van der Waals surface area contributed by atoms with Gasteiger partial charge in [0.15, 0.2) is 10.6 Å². The van der Waals surface area contributed by atoms with Crippen molar-refractivity contribution in [2.45, 2.75) is 6.42 Å². The molecule has 0 amide bonds. The van der Waals surface area contributed by atoms with Gasteiger partial charge in [0.1, 0.15) is 0 Å². The first kappa shape index (κ1) is 16.7. The molecule has 0 aliphatic heterocycles. The molecule has 28 heavy (non-hydrogen) atoms. The van der Waals surface area contributed by atoms with Crippen molar-refractivity contribution >= 4 is 39.3 Å². The van der Waals surface area contributed by atoms with E-state index < -0.39 is 0 Å². The summed E-state index contributed by atoms with van der Waals surface area (Å²) >= 11 is 5.57. The van der Waals surface area contributed by atoms with E-state index in [4.69, 9.17) is 12.2 Å². The molecule has 0 radical (unpaired) electrons. The van der Waals surface area contributed by atoms with Crippen molar-refractivity contribution in [3.63, 3.8) is 0 Å². The molecule has 1 aliphatic carbocycles. The van der Waals surface area contributed by atoms with Crippen molar-refractivity contribution in [2.75, 3.05) is 0 Å². The van der Waals surface area contributed by atoms with Gasteiger partial charge in [-0.3, -0.25) is 9.67 Å². The maximum Gasteiger partial charge on any atom is 0.200 e. The number of hydrogen-bond donors (Lipinski definition) is 2. The van der Waals surface area contributed by atoms with E-state index in [9.17, 15) is 5.11 Å². The standard InChI is InChI=1S/C23H17N3OS/c27-19-10-4-3-8-18(13-19)22-24-25-23(28)26(22)21-11-5-9-17-12-15-6-1-2-7-16(15)14-20(17)21/h1-12,14,27H,13H2,(H,25,28). The molecule has 5 heteroatoms. The topological polar surface area (TPSA) is 53.8 Å². The molecule has 1 aromatic heterocycles. The monoisotopic (exact) mass is 383 g/mol. The molecule has 1 aliphatic rings. The van der Waals surface area contributed by atoms with Crippen LogP contribution >= 0.6 is 12.2 Å². The molecule has 1 heterocycles. The van der Waals surface area contributed by atoms with Crippen LogP contribution in [0, 0.1) is 4.77 Å². The SMILES string of the molecule is OC1=CC=CC=C(c2n[nH]c(=S)n2-c2cccc3cc4ccccc4cc23)C1. The van der Waals surface area contributed by atoms with Crippen LogP contribution in [-0.4, -0.2) is 19.9 Å². The third-order valence-electron chi connectivity index (χ3n) is 4.99. The number of nitrogens with zero attached hydrogens (tertiary/aromatic N) is 2. The second-order valence-corrected chi connectivity index (χ2v) is 7.18. The molecule has 3 aromatic carbocycles. The molecule has 4 nitrogen and oxygen atoms in total. The summed E-state index contributed by atoms with van der Waals surface area (Å²) in [5.41, 5.74) is 1.86. The Morgan fingerprint density at radius 3 is 2.54 bits per heavy atom. The summed E-state index contributed by atoms with van der Waals surface area (Å²) in [6, 6.07) is 18.9. The van der Waals surface area contributed by atoms with Gasteiger partial charge in [-0.15, -0.1) is 0 Å². The Balaban J connectivity index is 1.78. The Kier molecular flexibility index (Phi) is 3.95. The number of aromatic amines is 1. The molecule has 0 unspecified atom stereocenters. The van der Waals surface area contributed by atoms with Crippen LogP contribution in [0.4, 0.5) is 0 Å². The fourth-order valence-electron chi connectivity index (χ4n) is 3.69. The van der Waals surface area contributed by atoms with Crippen LogP contribution in [0.5, 0.6) is 0 Å². The Hall–Kier alpha value is -3.44. The van der Waals surface area contributed by atoms with Crippen molar-refractivity contribution in [3.8, 4) is 5.69 Å². The Labute approximate surface area is 166 Å². The minimum Gasteiger partial charge on any atom is -0.512 e. The van der Waals surface area contributed by atoms with Crippen molar-refractivity contribution in [1.82, 2.24) is 14.8 Å². The summed E-state index contributed by atoms with van der Waals surface area (Å²) in [7, 11) is 0. The normalized spacial score (nSPS) is 14.1. The molecule has 0 spiro atoms. The van der Waals surface area contributed by atoms with E-state index in [0.717, 1.165) is 22.0 Å². The van der Waals surface area contributed by atoms with E-state index in [1.807, 2.05) is 41.0 Å². The zero-order chi connectivity index (χ0) is 19.1. The Morgan fingerprint density at radius 1 is 0.929 bits per heavy atom. The first-order valence-electron chi connectivity index (χ1n) is 9.06. The van der Waals surface area contributed by atoms with E-state index in [0.29, 0.717) is 22.8 Å². The molecule has 0 atom stereocenters. The average Bonchev–Trinajstić information content (AvgIpc) is 2.95. The lowest BCUT2D eigenvalue weighted by molar-refractivity contribution is 0.403. The van der Waals surface area contributed by atoms with Crippen LogP contribution in [-0.2, 0) is 0 Å². The number of aliphatic hydroxyl groups excluding tert-OH is 1. The largest absolute Gasteiger partial charge is 0.512 e. The van der Waals surface area contributed by atoms with Crippen LogP contribution in [0.3, 0.4) is 0 Å². The molecule has 0 saturated heterocycles. The number of allylic oxidation sites excluding steroid dienone is 5. The van der Waals surface area contributed by atoms with Gasteiger partial charge in [-0.2, -0.15) is 5.10 Å². The molecule has 0 fully saturated rings. The fourth-order valence-corrected chi connectivity index (χ4v) is 3.92. The zero-order valence-electron chi connectivity index (χ0n) is 15.0. The van der Waals surface area contributed by atoms with E-state index in [2.05, 4.69) is 46.6 Å². The van der Waals surface area contributed by atoms with E-state index in [1.165, 1.54) is 10.8 Å². The minimum absolute atomic E-state index is 0.296. The van der Waals surface area contributed by atoms with E-state index in [1.54, 1.807) is 6.08 Å². The van der Waals surface area contributed by atoms with Crippen LogP contribution in [0.15, 0.2) is 84.7 Å². The van der Waals surface area contributed by atoms with Crippen LogP contribution in [0.1, 0.15) is 12.2 Å². The number of rotatable bonds is 2. The van der Waals surface area contributed by atoms with Gasteiger partial charge in [0, 0.05) is 17.4 Å². The van der Waals surface area contributed by atoms with Crippen molar-refractivity contribution in [1.29, 1.82) is 0 Å². The van der Waals surface area contributed by atoms with Crippen molar-refractivity contribution < 1.29 is 5.11 Å². The summed E-state index contributed by atoms with van der Waals surface area (Å²) in [4.78, 5) is 0. The predicted octanol–water partition coefficient (Wildman–Crippen LogP) is 6.02. The summed E-state index contributed by atoms with van der Waals surface area (Å²) in [5, 5.41) is 22.1. The highest BCUT2D eigenvalue weighted by Gasteiger charge is 2.16. The highest BCUT2D eigenvalue weighted by molar-refractivity contribution is 7.71. The third-order valence-corrected chi connectivity index (χ3v) is 5.27. The molecule has 5 rings (SSSR count). The second kappa shape index (κ2) is 6.62. The number of hydrogen-bond acceptors (Lipinski definition) is 3. The Bertz CT molecular complexity index is 1370. The molecule has 136 valence electrons. The summed E-state index contributed by atoms with van der Waals surface area (Å²) in [6.07, 6.45) is 7.77. The number of aliphatic hydroxyl groups is 1. The summed E-state index contributed by atoms with van der Waals surface area (Å²) in [5.74, 6) is 1.00. The highest BCUT2D eigenvalue weighted by atomic mass is 32.1. The highest BCUT2D eigenvalue weighted by Crippen LogP contribution is 2.31. The molecule has 0 bridgehead atoms. The predicted molar refractivity (Wildman–Crippen MR) is 116 cm³/mol. The number of aromatic nitrogens is 3. The van der Waals surface area contributed by atoms with Gasteiger partial charge >= 0.3 is 0 Å². The van der Waals surface area contributed by atoms with Gasteiger partial charge in [0.25, 0.3) is 0 Å². The number of H-pyrrole nitrogens is 1. The lowest BCUT2D eigenvalue weighted by Gasteiger charge is -2.13. The van der Waals surface area contributed by atoms with Gasteiger partial charge in [-0.05, 0) is 52.7 Å². The smallest absolute Gasteiger partial charge is 0.200 e. The minimum atomic E-state index is 0.296. The number of fused-ring (bicyclic) bond motifs is 2. The first-order valence-corrected chi connectivity index (χ1v) is 9.46. The molecular weight excluding hydrogens is 366 g/mol. The number of benzene rings is 3. The maximum atomic E-state index is 10.1. The van der Waals surface area contributed by atoms with E-state index in [-0.39, 0.29) is 0 Å². The van der Waals surface area contributed by atoms with Gasteiger partial charge in [0.2, 0.25) is 0 Å². The zero-order valence-corrected chi connectivity index (χ0v) is 15.8. The van der Waals surface area contributed by atoms with Crippen molar-refractivity contribution in [3.05, 3.63) is 95.3 Å². The molecule has 0 saturated carbocycles. The average molecular weight is 383 g/mol. The lowest BCUT2D eigenvalue weighted by atomic mass is 10.0. The van der Waals surface area contributed by atoms with Gasteiger partial charge < -0.3 is 5.11 Å². The van der Waals surface area contributed by atoms with Crippen LogP contribution < -0.4 is 0 Å². The van der Waals surface area contributed by atoms with Crippen molar-refractivity contribution in [2.24, 2.45) is 0 Å². The number of nitrogens with one attached hydrogen (secondary N) is 1. The van der Waals surface area contributed by atoms with Gasteiger partial charge in [0.05, 0.1) is 11.4 Å². The van der Waals surface area contributed by atoms with E-state index >= 15 is 0 Å². The van der Waals surface area contributed by atoms with Crippen LogP contribution in [0.2, 0.25) is 0 Å².